The molecule has 5 rings (SSSR count). The largest absolute Gasteiger partial charge is 0.508 e. The van der Waals surface area contributed by atoms with Crippen LogP contribution in [0.1, 0.15) is 44.6 Å². The van der Waals surface area contributed by atoms with E-state index in [1.165, 1.54) is 12.2 Å². The Balaban J connectivity index is 1.29. The number of allylic oxidation sites excluding steroid dienone is 8. The summed E-state index contributed by atoms with van der Waals surface area (Å²) in [5, 5.41) is 40.0. The number of nitrogens with zero attached hydrogens (tertiary/aromatic N) is 3. The van der Waals surface area contributed by atoms with Crippen LogP contribution in [0.4, 0.5) is 5.69 Å². The summed E-state index contributed by atoms with van der Waals surface area (Å²) in [7, 11) is -0.980. The monoisotopic (exact) mass is 1010 g/mol. The first-order chi connectivity index (χ1) is 32.0. The van der Waals surface area contributed by atoms with Crippen molar-refractivity contribution in [1.29, 1.82) is 0 Å². The average Bonchev–Trinajstić information content (AvgIpc) is 3.77. The predicted molar refractivity (Wildman–Crippen MR) is 258 cm³/mol. The standard InChI is InChI=1S/C43H52N6O12S5/c1-2-3-23-48(24-6-21-44-37(51)19-27-64-65-39-7-4-5-20-45-39)33-12-8-31(9-13-33)40-42(46-22-18-38(52)47-66(56,57)36-17-16-35(50)30-36)41(43(40)53)32-10-14-34(15-11-32)49(25-28-62-60-58-54)26-29-63-61-59-55/h4-5,7-17,20,30,36,46H,2-3,6,18-19,21-29H2,1H3,(H4-,44,47,50,51,52,54,55)/p+1. The van der Waals surface area contributed by atoms with Crippen molar-refractivity contribution in [3.63, 3.8) is 0 Å². The minimum Gasteiger partial charge on any atom is -0.508 e. The lowest BCUT2D eigenvalue weighted by molar-refractivity contribution is -0.527. The minimum atomic E-state index is -4.12. The number of hydrogen-bond donors (Lipinski definition) is 6. The van der Waals surface area contributed by atoms with E-state index in [0.29, 0.717) is 77.8 Å². The number of aromatic nitrogens is 1. The molecule has 0 radical (unpaired) electrons. The van der Waals surface area contributed by atoms with Crippen molar-refractivity contribution in [2.24, 2.45) is 0 Å². The summed E-state index contributed by atoms with van der Waals surface area (Å²) < 4.78 is 38.8. The summed E-state index contributed by atoms with van der Waals surface area (Å²) in [6, 6.07) is 13.0. The Hall–Kier alpha value is -4.40. The van der Waals surface area contributed by atoms with Crippen LogP contribution < -0.4 is 20.3 Å². The van der Waals surface area contributed by atoms with Crippen LogP contribution in [-0.2, 0) is 43.2 Å². The highest BCUT2D eigenvalue weighted by atomic mass is 33.1. The van der Waals surface area contributed by atoms with Gasteiger partial charge in [-0.2, -0.15) is 0 Å². The van der Waals surface area contributed by atoms with Gasteiger partial charge in [0, 0.05) is 117 Å². The number of carbonyl (C=O) groups excluding carboxylic acids is 3. The molecule has 1 aromatic carbocycles. The van der Waals surface area contributed by atoms with Gasteiger partial charge in [-0.05, 0) is 70.5 Å². The van der Waals surface area contributed by atoms with Gasteiger partial charge in [0.2, 0.25) is 21.8 Å². The number of amides is 2. The molecule has 0 bridgehead atoms. The van der Waals surface area contributed by atoms with Crippen molar-refractivity contribution in [3.8, 4) is 0 Å². The third-order valence-electron chi connectivity index (χ3n) is 10.0. The number of benzene rings is 1. The molecular weight excluding hydrogens is 953 g/mol. The first-order valence-corrected chi connectivity index (χ1v) is 26.6. The number of aliphatic hydroxyl groups is 1. The lowest BCUT2D eigenvalue weighted by Crippen LogP contribution is -2.38. The lowest BCUT2D eigenvalue weighted by Gasteiger charge is -2.30. The quantitative estimate of drug-likeness (QED) is 0.00980. The second kappa shape index (κ2) is 28.1. The van der Waals surface area contributed by atoms with Crippen LogP contribution in [-0.4, -0.2) is 119 Å². The van der Waals surface area contributed by atoms with Crippen molar-refractivity contribution in [2.45, 2.75) is 49.3 Å². The number of anilines is 1. The number of unbranched alkanes of at least 4 members (excludes halogenated alkanes) is 1. The fraction of sp³-hybridized carbons (Fsp3) is 0.372. The lowest BCUT2D eigenvalue weighted by atomic mass is 9.78. The summed E-state index contributed by atoms with van der Waals surface area (Å²) in [5.74, 6) is 0.307. The van der Waals surface area contributed by atoms with Crippen LogP contribution >= 0.6 is 45.7 Å². The van der Waals surface area contributed by atoms with E-state index in [2.05, 4.69) is 50.6 Å². The van der Waals surface area contributed by atoms with Crippen molar-refractivity contribution in [3.05, 3.63) is 119 Å². The number of carbonyl (C=O) groups is 3. The molecule has 2 amide bonds. The van der Waals surface area contributed by atoms with Gasteiger partial charge in [-0.15, -0.1) is 8.67 Å². The van der Waals surface area contributed by atoms with Gasteiger partial charge in [0.1, 0.15) is 29.1 Å². The molecule has 3 aliphatic carbocycles. The van der Waals surface area contributed by atoms with Crippen molar-refractivity contribution >= 4 is 90.3 Å². The highest BCUT2D eigenvalue weighted by Gasteiger charge is 2.37. The second-order valence-corrected chi connectivity index (χ2v) is 20.3. The Bertz CT molecular complexity index is 2280. The smallest absolute Gasteiger partial charge is 0.245 e. The molecule has 66 heavy (non-hydrogen) atoms. The van der Waals surface area contributed by atoms with Crippen molar-refractivity contribution in [2.75, 3.05) is 61.4 Å². The Morgan fingerprint density at radius 3 is 2.21 bits per heavy atom. The van der Waals surface area contributed by atoms with Crippen LogP contribution in [0.2, 0.25) is 0 Å². The third kappa shape index (κ3) is 16.4. The number of sulfonamides is 1. The topological polar surface area (TPSA) is 238 Å². The average molecular weight is 1010 g/mol. The van der Waals surface area contributed by atoms with Crippen LogP contribution in [0.15, 0.2) is 119 Å². The fourth-order valence-corrected chi connectivity index (χ4v) is 10.6. The van der Waals surface area contributed by atoms with Crippen molar-refractivity contribution < 1.29 is 61.7 Å². The Labute approximate surface area is 400 Å². The molecule has 1 aromatic heterocycles. The summed E-state index contributed by atoms with van der Waals surface area (Å²) >= 11 is 1.79. The zero-order chi connectivity index (χ0) is 47.2. The maximum absolute atomic E-state index is 14.1. The summed E-state index contributed by atoms with van der Waals surface area (Å²) in [6.45, 7) is 5.11. The summed E-state index contributed by atoms with van der Waals surface area (Å²) in [4.78, 5) is 45.8. The highest BCUT2D eigenvalue weighted by Crippen LogP contribution is 2.39. The second-order valence-electron chi connectivity index (χ2n) is 14.5. The molecular formula is C43H53N6O12S5+. The van der Waals surface area contributed by atoms with E-state index in [1.54, 1.807) is 39.9 Å². The molecule has 1 unspecified atom stereocenters. The molecule has 0 saturated heterocycles. The molecule has 0 fully saturated rings. The van der Waals surface area contributed by atoms with E-state index in [4.69, 9.17) is 10.5 Å². The molecule has 0 spiro atoms. The van der Waals surface area contributed by atoms with Crippen LogP contribution in [0.5, 0.6) is 0 Å². The third-order valence-corrected chi connectivity index (χ3v) is 14.8. The number of Topliss-reactive ketones (excluding diaryl/α,β-unsaturated/α-hetero) is 1. The molecule has 0 saturated carbocycles. The molecule has 0 aliphatic heterocycles. The zero-order valence-electron chi connectivity index (χ0n) is 36.0. The van der Waals surface area contributed by atoms with E-state index < -0.39 is 21.2 Å². The van der Waals surface area contributed by atoms with E-state index in [0.717, 1.165) is 72.4 Å². The van der Waals surface area contributed by atoms with Gasteiger partial charge < -0.3 is 20.6 Å². The van der Waals surface area contributed by atoms with Gasteiger partial charge >= 0.3 is 0 Å². The van der Waals surface area contributed by atoms with Gasteiger partial charge in [0.25, 0.3) is 0 Å². The molecule has 3 aliphatic rings. The van der Waals surface area contributed by atoms with Crippen molar-refractivity contribution in [1.82, 2.24) is 20.3 Å². The van der Waals surface area contributed by atoms with Crippen LogP contribution in [0.3, 0.4) is 0 Å². The maximum atomic E-state index is 14.1. The molecule has 2 aromatic rings. The van der Waals surface area contributed by atoms with Gasteiger partial charge in [0.15, 0.2) is 11.5 Å². The fourth-order valence-electron chi connectivity index (χ4n) is 6.78. The van der Waals surface area contributed by atoms with E-state index >= 15 is 0 Å². The summed E-state index contributed by atoms with van der Waals surface area (Å²) in [6.07, 6.45) is 16.0. The van der Waals surface area contributed by atoms with Gasteiger partial charge in [-0.1, -0.05) is 58.5 Å². The number of rotatable bonds is 30. The van der Waals surface area contributed by atoms with Gasteiger partial charge in [0.05, 0.1) is 16.8 Å². The van der Waals surface area contributed by atoms with Crippen LogP contribution in [0.25, 0.3) is 5.57 Å². The summed E-state index contributed by atoms with van der Waals surface area (Å²) in [5.41, 5.74) is 4.33. The van der Waals surface area contributed by atoms with Gasteiger partial charge in [-0.25, -0.2) is 28.5 Å². The molecule has 1 atom stereocenters. The number of pyridine rings is 1. The molecule has 18 nitrogen and oxygen atoms in total. The zero-order valence-corrected chi connectivity index (χ0v) is 40.1. The number of hydrogen-bond acceptors (Lipinski definition) is 19. The Morgan fingerprint density at radius 1 is 0.864 bits per heavy atom. The predicted octanol–water partition coefficient (Wildman–Crippen LogP) is 6.14. The first-order valence-electron chi connectivity index (χ1n) is 21.0. The first kappa shape index (κ1) is 52.6. The normalized spacial score (nSPS) is 15.6. The minimum absolute atomic E-state index is 0.00138. The van der Waals surface area contributed by atoms with E-state index in [9.17, 15) is 27.9 Å². The molecule has 1 heterocycles. The van der Waals surface area contributed by atoms with E-state index in [-0.39, 0.29) is 30.4 Å². The molecule has 23 heteroatoms. The number of ketones is 1. The Kier molecular flexibility index (Phi) is 22.3. The van der Waals surface area contributed by atoms with Gasteiger partial charge in [-0.3, -0.25) is 19.1 Å². The van der Waals surface area contributed by atoms with Crippen LogP contribution in [0, 0.1) is 0 Å². The SMILES string of the molecule is CCCC[N+](CCCNC(=O)CCSSc1ccccn1)=C1C=CC(=C2C(=O)C(c3ccc(N(CCSOOO)CCSOOO)cc3)=C2NCCC(=O)NS(=O)(=O)C2C=CC(O)=C2)C=C1. The molecule has 6 N–H and O–H groups in total. The maximum Gasteiger partial charge on any atom is 0.245 e. The van der Waals surface area contributed by atoms with E-state index in [1.807, 2.05) is 59.5 Å². The highest BCUT2D eigenvalue weighted by molar-refractivity contribution is 8.76. The Morgan fingerprint density at radius 2 is 1.58 bits per heavy atom. The molecule has 356 valence electrons. The number of nitrogens with one attached hydrogen (secondary N) is 3. The number of aliphatic hydroxyl groups excluding tert-OH is 1.